The number of benzene rings is 3. The van der Waals surface area contributed by atoms with Gasteiger partial charge in [-0.1, -0.05) is 56.5 Å². The summed E-state index contributed by atoms with van der Waals surface area (Å²) in [5, 5.41) is 12.1. The second kappa shape index (κ2) is 12.6. The van der Waals surface area contributed by atoms with Gasteiger partial charge in [0, 0.05) is 31.1 Å². The fraction of sp³-hybridized carbons (Fsp3) is 0.455. The molecule has 0 spiro atoms. The predicted octanol–water partition coefficient (Wildman–Crippen LogP) is 6.39. The Kier molecular flexibility index (Phi) is 9.47. The van der Waals surface area contributed by atoms with Crippen molar-refractivity contribution in [2.75, 3.05) is 38.0 Å². The molecule has 40 heavy (non-hydrogen) atoms. The SMILES string of the molecule is CCCC[C@]1(CC)CS(=O)(=O)c2ccc(N(C)C)cc2[C@H](c2ccc(OCCOc3ccc(C)cc3)cc2)[C@H]1O. The van der Waals surface area contributed by atoms with Crippen LogP contribution in [0.15, 0.2) is 71.6 Å². The van der Waals surface area contributed by atoms with Gasteiger partial charge in [0.1, 0.15) is 24.7 Å². The van der Waals surface area contributed by atoms with Crippen molar-refractivity contribution < 1.29 is 23.0 Å². The summed E-state index contributed by atoms with van der Waals surface area (Å²) < 4.78 is 39.3. The first-order chi connectivity index (χ1) is 19.1. The monoisotopic (exact) mass is 565 g/mol. The summed E-state index contributed by atoms with van der Waals surface area (Å²) in [6.45, 7) is 6.95. The molecule has 0 unspecified atom stereocenters. The summed E-state index contributed by atoms with van der Waals surface area (Å²) in [5.41, 5.74) is 2.88. The van der Waals surface area contributed by atoms with Crippen LogP contribution in [0.3, 0.4) is 0 Å². The maximum Gasteiger partial charge on any atom is 0.179 e. The van der Waals surface area contributed by atoms with E-state index in [1.54, 1.807) is 6.07 Å². The number of aryl methyl sites for hydroxylation is 1. The van der Waals surface area contributed by atoms with E-state index in [2.05, 4.69) is 6.92 Å². The predicted molar refractivity (Wildman–Crippen MR) is 162 cm³/mol. The van der Waals surface area contributed by atoms with Gasteiger partial charge < -0.3 is 19.5 Å². The molecular weight excluding hydrogens is 522 g/mol. The summed E-state index contributed by atoms with van der Waals surface area (Å²) >= 11 is 0. The van der Waals surface area contributed by atoms with E-state index in [0.29, 0.717) is 42.3 Å². The van der Waals surface area contributed by atoms with E-state index >= 15 is 0 Å². The number of sulfone groups is 1. The molecule has 1 N–H and O–H groups in total. The van der Waals surface area contributed by atoms with Gasteiger partial charge in [0.2, 0.25) is 0 Å². The van der Waals surface area contributed by atoms with Gasteiger partial charge in [0.15, 0.2) is 9.84 Å². The van der Waals surface area contributed by atoms with Crippen molar-refractivity contribution >= 4 is 15.5 Å². The van der Waals surface area contributed by atoms with Gasteiger partial charge in [-0.2, -0.15) is 0 Å². The normalized spacial score (nSPS) is 21.8. The summed E-state index contributed by atoms with van der Waals surface area (Å²) in [6, 6.07) is 21.1. The molecule has 3 atom stereocenters. The molecular formula is C33H43NO5S. The van der Waals surface area contributed by atoms with E-state index in [0.717, 1.165) is 29.8 Å². The summed E-state index contributed by atoms with van der Waals surface area (Å²) in [5.74, 6) is 0.968. The van der Waals surface area contributed by atoms with Gasteiger partial charge in [-0.05, 0) is 73.4 Å². The van der Waals surface area contributed by atoms with Crippen molar-refractivity contribution in [3.8, 4) is 11.5 Å². The third-order valence-corrected chi connectivity index (χ3v) is 10.2. The Labute approximate surface area is 239 Å². The Hall–Kier alpha value is -3.03. The molecule has 0 bridgehead atoms. The molecule has 0 saturated carbocycles. The molecule has 0 aromatic heterocycles. The van der Waals surface area contributed by atoms with E-state index in [1.807, 2.05) is 93.5 Å². The maximum atomic E-state index is 13.8. The van der Waals surface area contributed by atoms with E-state index in [9.17, 15) is 13.5 Å². The number of aliphatic hydroxyl groups is 1. The highest BCUT2D eigenvalue weighted by Crippen LogP contribution is 2.49. The van der Waals surface area contributed by atoms with E-state index in [-0.39, 0.29) is 5.75 Å². The van der Waals surface area contributed by atoms with Crippen LogP contribution >= 0.6 is 0 Å². The second-order valence-electron chi connectivity index (χ2n) is 11.2. The molecule has 0 radical (unpaired) electrons. The summed E-state index contributed by atoms with van der Waals surface area (Å²) in [6.07, 6.45) is 2.20. The molecule has 1 aliphatic heterocycles. The zero-order chi connectivity index (χ0) is 28.9. The lowest BCUT2D eigenvalue weighted by Crippen LogP contribution is -2.42. The fourth-order valence-electron chi connectivity index (χ4n) is 5.73. The fourth-order valence-corrected chi connectivity index (χ4v) is 7.98. The topological polar surface area (TPSA) is 76.1 Å². The van der Waals surface area contributed by atoms with Crippen molar-refractivity contribution in [3.05, 3.63) is 83.4 Å². The van der Waals surface area contributed by atoms with Crippen LogP contribution in [0.2, 0.25) is 0 Å². The van der Waals surface area contributed by atoms with Crippen LogP contribution in [-0.2, 0) is 9.84 Å². The number of hydrogen-bond acceptors (Lipinski definition) is 6. The standard InChI is InChI=1S/C33H43NO5S/c1-6-8-19-33(7-2)23-40(36,37)30-18-13-26(34(4)5)22-29(30)31(32(33)35)25-11-16-28(17-12-25)39-21-20-38-27-14-9-24(3)10-15-27/h9-18,22,31-32,35H,6-8,19-21,23H2,1-5H3/t31-,32+,33+/m0/s1. The van der Waals surface area contributed by atoms with Gasteiger partial charge in [0.25, 0.3) is 0 Å². The number of anilines is 1. The molecule has 3 aromatic carbocycles. The molecule has 0 saturated heterocycles. The molecule has 0 amide bonds. The third kappa shape index (κ3) is 6.47. The third-order valence-electron chi connectivity index (χ3n) is 8.21. The van der Waals surface area contributed by atoms with Crippen LogP contribution in [0.25, 0.3) is 0 Å². The molecule has 216 valence electrons. The smallest absolute Gasteiger partial charge is 0.179 e. The van der Waals surface area contributed by atoms with Gasteiger partial charge in [-0.3, -0.25) is 0 Å². The molecule has 1 heterocycles. The number of aliphatic hydroxyl groups excluding tert-OH is 1. The molecule has 3 aromatic rings. The van der Waals surface area contributed by atoms with Gasteiger partial charge >= 0.3 is 0 Å². The Bertz CT molecular complexity index is 1370. The number of unbranched alkanes of at least 4 members (excludes halogenated alkanes) is 1. The van der Waals surface area contributed by atoms with Crippen molar-refractivity contribution in [1.82, 2.24) is 0 Å². The quantitative estimate of drug-likeness (QED) is 0.272. The molecule has 7 heteroatoms. The van der Waals surface area contributed by atoms with Crippen molar-refractivity contribution in [1.29, 1.82) is 0 Å². The Morgan fingerprint density at radius 3 is 2.08 bits per heavy atom. The Balaban J connectivity index is 1.64. The highest BCUT2D eigenvalue weighted by molar-refractivity contribution is 7.91. The van der Waals surface area contributed by atoms with Gasteiger partial charge in [0.05, 0.1) is 16.8 Å². The zero-order valence-corrected chi connectivity index (χ0v) is 25.2. The van der Waals surface area contributed by atoms with Crippen molar-refractivity contribution in [3.63, 3.8) is 0 Å². The van der Waals surface area contributed by atoms with Crippen LogP contribution in [0.5, 0.6) is 11.5 Å². The maximum absolute atomic E-state index is 13.8. The van der Waals surface area contributed by atoms with Crippen molar-refractivity contribution in [2.45, 2.75) is 63.4 Å². The first-order valence-corrected chi connectivity index (χ1v) is 15.9. The molecule has 0 aliphatic carbocycles. The molecule has 4 rings (SSSR count). The van der Waals surface area contributed by atoms with E-state index < -0.39 is 27.3 Å². The summed E-state index contributed by atoms with van der Waals surface area (Å²) in [7, 11) is 0.260. The largest absolute Gasteiger partial charge is 0.490 e. The number of ether oxygens (including phenoxy) is 2. The minimum Gasteiger partial charge on any atom is -0.490 e. The summed E-state index contributed by atoms with van der Waals surface area (Å²) in [4.78, 5) is 2.28. The highest BCUT2D eigenvalue weighted by Gasteiger charge is 2.49. The zero-order valence-electron chi connectivity index (χ0n) is 24.4. The lowest BCUT2D eigenvalue weighted by Gasteiger charge is -2.39. The second-order valence-corrected chi connectivity index (χ2v) is 13.2. The minimum absolute atomic E-state index is 0.0509. The highest BCUT2D eigenvalue weighted by atomic mass is 32.2. The molecule has 1 aliphatic rings. The van der Waals surface area contributed by atoms with Crippen LogP contribution in [0.4, 0.5) is 5.69 Å². The van der Waals surface area contributed by atoms with Crippen LogP contribution in [0.1, 0.15) is 62.1 Å². The molecule has 6 nitrogen and oxygen atoms in total. The Morgan fingerprint density at radius 2 is 1.52 bits per heavy atom. The number of nitrogens with zero attached hydrogens (tertiary/aromatic N) is 1. The minimum atomic E-state index is -3.61. The average Bonchev–Trinajstić information content (AvgIpc) is 3.01. The lowest BCUT2D eigenvalue weighted by atomic mass is 9.69. The number of hydrogen-bond donors (Lipinski definition) is 1. The first-order valence-electron chi connectivity index (χ1n) is 14.2. The van der Waals surface area contributed by atoms with Gasteiger partial charge in [-0.25, -0.2) is 8.42 Å². The average molecular weight is 566 g/mol. The van der Waals surface area contributed by atoms with Crippen molar-refractivity contribution in [2.24, 2.45) is 5.41 Å². The van der Waals surface area contributed by atoms with Crippen LogP contribution < -0.4 is 14.4 Å². The lowest BCUT2D eigenvalue weighted by molar-refractivity contribution is 0.0174. The molecule has 0 fully saturated rings. The van der Waals surface area contributed by atoms with Crippen LogP contribution in [-0.4, -0.2) is 52.7 Å². The van der Waals surface area contributed by atoms with Crippen LogP contribution in [0, 0.1) is 12.3 Å². The first kappa shape index (κ1) is 29.9. The Morgan fingerprint density at radius 1 is 0.925 bits per heavy atom. The number of rotatable bonds is 11. The van der Waals surface area contributed by atoms with E-state index in [4.69, 9.17) is 9.47 Å². The number of fused-ring (bicyclic) bond motifs is 1. The van der Waals surface area contributed by atoms with Gasteiger partial charge in [-0.15, -0.1) is 0 Å². The van der Waals surface area contributed by atoms with E-state index in [1.165, 1.54) is 5.56 Å².